The highest BCUT2D eigenvalue weighted by Crippen LogP contribution is 2.32. The first-order chi connectivity index (χ1) is 12.8. The lowest BCUT2D eigenvalue weighted by Gasteiger charge is -2.17. The second kappa shape index (κ2) is 13.9. The number of nitrogens with zero attached hydrogens (tertiary/aromatic N) is 1. The molecule has 0 amide bonds. The molecular weight excluding hydrogens is 457 g/mol. The van der Waals surface area contributed by atoms with Gasteiger partial charge in [0.25, 0.3) is 0 Å². The highest BCUT2D eigenvalue weighted by Gasteiger charge is 2.18. The number of guanidine groups is 1. The summed E-state index contributed by atoms with van der Waals surface area (Å²) in [6.07, 6.45) is 6.02. The van der Waals surface area contributed by atoms with Gasteiger partial charge in [-0.15, -0.1) is 24.0 Å². The molecule has 1 aromatic rings. The second-order valence-electron chi connectivity index (χ2n) is 6.41. The van der Waals surface area contributed by atoms with Crippen LogP contribution < -0.4 is 20.1 Å². The van der Waals surface area contributed by atoms with E-state index < -0.39 is 0 Å². The molecule has 0 spiro atoms. The Kier molecular flexibility index (Phi) is 12.2. The first kappa shape index (κ1) is 23.8. The van der Waals surface area contributed by atoms with E-state index in [1.807, 2.05) is 13.0 Å². The van der Waals surface area contributed by atoms with Gasteiger partial charge in [-0.25, -0.2) is 0 Å². The molecular formula is C20H34IN3O3. The summed E-state index contributed by atoms with van der Waals surface area (Å²) >= 11 is 0. The average molecular weight is 491 g/mol. The van der Waals surface area contributed by atoms with E-state index in [1.165, 1.54) is 12.8 Å². The summed E-state index contributed by atoms with van der Waals surface area (Å²) in [5.74, 6) is 2.41. The highest BCUT2D eigenvalue weighted by atomic mass is 127. The first-order valence-electron chi connectivity index (χ1n) is 9.62. The smallest absolute Gasteiger partial charge is 0.191 e. The predicted molar refractivity (Wildman–Crippen MR) is 121 cm³/mol. The molecule has 7 heteroatoms. The number of hydrogen-bond acceptors (Lipinski definition) is 4. The Labute approximate surface area is 180 Å². The average Bonchev–Trinajstić information content (AvgIpc) is 3.17. The zero-order chi connectivity index (χ0) is 18.6. The molecule has 1 saturated carbocycles. The fourth-order valence-electron chi connectivity index (χ4n) is 3.04. The zero-order valence-corrected chi connectivity index (χ0v) is 19.1. The lowest BCUT2D eigenvalue weighted by Crippen LogP contribution is -2.37. The summed E-state index contributed by atoms with van der Waals surface area (Å²) in [5.41, 5.74) is 1.14. The van der Waals surface area contributed by atoms with Crippen LogP contribution in [0.3, 0.4) is 0 Å². The topological polar surface area (TPSA) is 64.1 Å². The summed E-state index contributed by atoms with van der Waals surface area (Å²) in [4.78, 5) is 4.26. The fraction of sp³-hybridized carbons (Fsp3) is 0.650. The largest absolute Gasteiger partial charge is 0.493 e. The molecule has 1 aromatic carbocycles. The van der Waals surface area contributed by atoms with Gasteiger partial charge in [-0.2, -0.15) is 0 Å². The fourth-order valence-corrected chi connectivity index (χ4v) is 3.04. The molecule has 0 aliphatic heterocycles. The van der Waals surface area contributed by atoms with Crippen LogP contribution in [0.15, 0.2) is 23.2 Å². The van der Waals surface area contributed by atoms with E-state index in [2.05, 4.69) is 27.8 Å². The Morgan fingerprint density at radius 3 is 2.63 bits per heavy atom. The van der Waals surface area contributed by atoms with Crippen molar-refractivity contribution >= 4 is 29.9 Å². The van der Waals surface area contributed by atoms with Gasteiger partial charge in [0.15, 0.2) is 17.5 Å². The number of hydrogen-bond donors (Lipinski definition) is 2. The number of benzene rings is 1. The van der Waals surface area contributed by atoms with Crippen molar-refractivity contribution < 1.29 is 14.2 Å². The van der Waals surface area contributed by atoms with Gasteiger partial charge in [0.05, 0.1) is 13.2 Å². The van der Waals surface area contributed by atoms with Crippen LogP contribution >= 0.6 is 24.0 Å². The molecule has 0 atom stereocenters. The number of nitrogens with one attached hydrogen (secondary N) is 2. The van der Waals surface area contributed by atoms with Crippen LogP contribution in [0.1, 0.15) is 44.6 Å². The summed E-state index contributed by atoms with van der Waals surface area (Å²) in [5, 5.41) is 6.63. The van der Waals surface area contributed by atoms with Crippen molar-refractivity contribution in [3.05, 3.63) is 23.8 Å². The third kappa shape index (κ3) is 8.55. The molecule has 154 valence electrons. The van der Waals surface area contributed by atoms with Crippen LogP contribution in [0.25, 0.3) is 0 Å². The SMILES string of the molecule is CCOCCCNC(=NC)NCc1ccc(OC)c(OC2CCCC2)c1.I. The van der Waals surface area contributed by atoms with Gasteiger partial charge in [0.1, 0.15) is 0 Å². The second-order valence-corrected chi connectivity index (χ2v) is 6.41. The van der Waals surface area contributed by atoms with Gasteiger partial charge >= 0.3 is 0 Å². The number of aliphatic imine (C=N–C) groups is 1. The van der Waals surface area contributed by atoms with Crippen molar-refractivity contribution in [2.75, 3.05) is 33.9 Å². The Hall–Kier alpha value is -1.22. The van der Waals surface area contributed by atoms with Crippen LogP contribution in [0.4, 0.5) is 0 Å². The predicted octanol–water partition coefficient (Wildman–Crippen LogP) is 3.73. The lowest BCUT2D eigenvalue weighted by molar-refractivity contribution is 0.145. The van der Waals surface area contributed by atoms with Crippen molar-refractivity contribution in [2.24, 2.45) is 4.99 Å². The van der Waals surface area contributed by atoms with Crippen molar-refractivity contribution in [2.45, 2.75) is 51.7 Å². The molecule has 0 bridgehead atoms. The minimum absolute atomic E-state index is 0. The van der Waals surface area contributed by atoms with Crippen molar-refractivity contribution in [1.82, 2.24) is 10.6 Å². The van der Waals surface area contributed by atoms with E-state index in [1.54, 1.807) is 14.2 Å². The standard InChI is InChI=1S/C20H33N3O3.HI/c1-4-25-13-7-12-22-20(21-2)23-15-16-10-11-18(24-3)19(14-16)26-17-8-5-6-9-17;/h10-11,14,17H,4-9,12-13,15H2,1-3H3,(H2,21,22,23);1H. The monoisotopic (exact) mass is 491 g/mol. The Bertz CT molecular complexity index is 563. The van der Waals surface area contributed by atoms with E-state index in [0.717, 1.165) is 62.0 Å². The maximum atomic E-state index is 6.16. The first-order valence-corrected chi connectivity index (χ1v) is 9.62. The Balaban J connectivity index is 0.00000364. The third-order valence-corrected chi connectivity index (χ3v) is 4.47. The normalized spacial score (nSPS) is 14.6. The van der Waals surface area contributed by atoms with Crippen molar-refractivity contribution in [1.29, 1.82) is 0 Å². The van der Waals surface area contributed by atoms with Crippen LogP contribution in [0.5, 0.6) is 11.5 Å². The van der Waals surface area contributed by atoms with E-state index in [0.29, 0.717) is 12.6 Å². The van der Waals surface area contributed by atoms with E-state index in [9.17, 15) is 0 Å². The number of ether oxygens (including phenoxy) is 3. The summed E-state index contributed by atoms with van der Waals surface area (Å²) in [6.45, 7) is 5.04. The molecule has 2 rings (SSSR count). The van der Waals surface area contributed by atoms with Gasteiger partial charge in [0, 0.05) is 33.4 Å². The molecule has 1 aliphatic rings. The summed E-state index contributed by atoms with van der Waals surface area (Å²) in [6, 6.07) is 6.09. The van der Waals surface area contributed by atoms with Gasteiger partial charge in [-0.05, 0) is 56.7 Å². The molecule has 1 fully saturated rings. The molecule has 0 aromatic heterocycles. The number of rotatable bonds is 10. The third-order valence-electron chi connectivity index (χ3n) is 4.47. The maximum Gasteiger partial charge on any atom is 0.191 e. The molecule has 0 heterocycles. The molecule has 27 heavy (non-hydrogen) atoms. The molecule has 2 N–H and O–H groups in total. The zero-order valence-electron chi connectivity index (χ0n) is 16.8. The molecule has 0 unspecified atom stereocenters. The minimum Gasteiger partial charge on any atom is -0.493 e. The van der Waals surface area contributed by atoms with E-state index in [4.69, 9.17) is 14.2 Å². The van der Waals surface area contributed by atoms with Crippen molar-refractivity contribution in [3.63, 3.8) is 0 Å². The number of halogens is 1. The maximum absolute atomic E-state index is 6.16. The summed E-state index contributed by atoms with van der Waals surface area (Å²) < 4.78 is 17.0. The lowest BCUT2D eigenvalue weighted by atomic mass is 10.2. The van der Waals surface area contributed by atoms with E-state index >= 15 is 0 Å². The molecule has 6 nitrogen and oxygen atoms in total. The van der Waals surface area contributed by atoms with Crippen LogP contribution in [0, 0.1) is 0 Å². The molecule has 0 radical (unpaired) electrons. The summed E-state index contributed by atoms with van der Waals surface area (Å²) in [7, 11) is 3.46. The van der Waals surface area contributed by atoms with Gasteiger partial charge in [-0.1, -0.05) is 6.07 Å². The highest BCUT2D eigenvalue weighted by molar-refractivity contribution is 14.0. The van der Waals surface area contributed by atoms with Gasteiger partial charge in [-0.3, -0.25) is 4.99 Å². The van der Waals surface area contributed by atoms with Crippen LogP contribution in [-0.2, 0) is 11.3 Å². The van der Waals surface area contributed by atoms with Gasteiger partial charge < -0.3 is 24.8 Å². The molecule has 1 aliphatic carbocycles. The van der Waals surface area contributed by atoms with Crippen LogP contribution in [-0.4, -0.2) is 46.0 Å². The van der Waals surface area contributed by atoms with E-state index in [-0.39, 0.29) is 24.0 Å². The van der Waals surface area contributed by atoms with Gasteiger partial charge in [0.2, 0.25) is 0 Å². The Morgan fingerprint density at radius 1 is 1.19 bits per heavy atom. The van der Waals surface area contributed by atoms with Crippen molar-refractivity contribution in [3.8, 4) is 11.5 Å². The number of methoxy groups -OCH3 is 1. The minimum atomic E-state index is 0. The van der Waals surface area contributed by atoms with Crippen LogP contribution in [0.2, 0.25) is 0 Å². The quantitative estimate of drug-likeness (QED) is 0.226. The Morgan fingerprint density at radius 2 is 1.96 bits per heavy atom. The molecule has 0 saturated heterocycles.